The molecule has 3 fully saturated rings. The van der Waals surface area contributed by atoms with E-state index in [-0.39, 0.29) is 27.8 Å². The number of rotatable bonds is 4. The van der Waals surface area contributed by atoms with Crippen LogP contribution in [0.1, 0.15) is 65.2 Å². The second-order valence-electron chi connectivity index (χ2n) is 9.32. The van der Waals surface area contributed by atoms with Gasteiger partial charge >= 0.3 is 5.97 Å². The Kier molecular flexibility index (Phi) is 5.07. The van der Waals surface area contributed by atoms with Gasteiger partial charge in [-0.3, -0.25) is 9.59 Å². The molecule has 0 aromatic heterocycles. The van der Waals surface area contributed by atoms with E-state index in [1.54, 1.807) is 5.57 Å². The van der Waals surface area contributed by atoms with Gasteiger partial charge in [-0.2, -0.15) is 0 Å². The molecule has 0 aromatic carbocycles. The first-order valence-corrected chi connectivity index (χ1v) is 11.1. The van der Waals surface area contributed by atoms with Gasteiger partial charge in [0.05, 0.1) is 6.61 Å². The summed E-state index contributed by atoms with van der Waals surface area (Å²) in [6.45, 7) is 4.65. The lowest BCUT2D eigenvalue weighted by Crippen LogP contribution is -2.52. The Hall–Kier alpha value is -1.03. The van der Waals surface area contributed by atoms with Gasteiger partial charge < -0.3 is 4.74 Å². The van der Waals surface area contributed by atoms with Crippen molar-refractivity contribution in [3.05, 3.63) is 23.8 Å². The van der Waals surface area contributed by atoms with Crippen LogP contribution in [0.4, 0.5) is 0 Å². The summed E-state index contributed by atoms with van der Waals surface area (Å²) in [5.74, 6) is 1.50. The first-order valence-electron chi connectivity index (χ1n) is 10.7. The summed E-state index contributed by atoms with van der Waals surface area (Å²) < 4.78 is 5.68. The number of carbonyl (C=O) groups excluding carboxylic acids is 2. The monoisotopic (exact) mass is 388 g/mol. The molecule has 0 N–H and O–H groups in total. The number of hydrogen-bond donors (Lipinski definition) is 1. The molecule has 3 saturated carbocycles. The predicted molar refractivity (Wildman–Crippen MR) is 109 cm³/mol. The number of esters is 1. The lowest BCUT2D eigenvalue weighted by atomic mass is 9.47. The van der Waals surface area contributed by atoms with Crippen molar-refractivity contribution in [2.75, 3.05) is 6.61 Å². The van der Waals surface area contributed by atoms with Crippen LogP contribution in [0.25, 0.3) is 0 Å². The Bertz CT molecular complexity index is 696. The SMILES string of the molecule is CCC(=O)OC[C@]12CC[C@H]3[C@@H](CCC4=CCC=C[C@@]43C)[C@@H]1CCC2C(=O)S. The van der Waals surface area contributed by atoms with Crippen LogP contribution >= 0.6 is 12.6 Å². The van der Waals surface area contributed by atoms with Gasteiger partial charge in [0.1, 0.15) is 0 Å². The quantitative estimate of drug-likeness (QED) is 0.413. The maximum atomic E-state index is 12.4. The maximum Gasteiger partial charge on any atom is 0.305 e. The van der Waals surface area contributed by atoms with E-state index in [1.807, 2.05) is 6.92 Å². The molecule has 4 heteroatoms. The number of ether oxygens (including phenoxy) is 1. The van der Waals surface area contributed by atoms with Gasteiger partial charge in [0.2, 0.25) is 0 Å². The van der Waals surface area contributed by atoms with Crippen molar-refractivity contribution in [1.82, 2.24) is 0 Å². The van der Waals surface area contributed by atoms with E-state index in [2.05, 4.69) is 37.8 Å². The highest BCUT2D eigenvalue weighted by Crippen LogP contribution is 2.66. The number of fused-ring (bicyclic) bond motifs is 5. The lowest BCUT2D eigenvalue weighted by Gasteiger charge is -2.57. The second-order valence-corrected chi connectivity index (χ2v) is 9.76. The van der Waals surface area contributed by atoms with E-state index >= 15 is 0 Å². The molecule has 0 spiro atoms. The molecule has 0 amide bonds. The topological polar surface area (TPSA) is 43.4 Å². The molecule has 4 rings (SSSR count). The highest BCUT2D eigenvalue weighted by atomic mass is 32.1. The first-order chi connectivity index (χ1) is 12.9. The molecular formula is C23H32O3S. The largest absolute Gasteiger partial charge is 0.465 e. The summed E-state index contributed by atoms with van der Waals surface area (Å²) in [5, 5.41) is -0.0105. The summed E-state index contributed by atoms with van der Waals surface area (Å²) in [6, 6.07) is 0. The molecule has 0 heterocycles. The average molecular weight is 389 g/mol. The number of hydrogen-bond acceptors (Lipinski definition) is 3. The van der Waals surface area contributed by atoms with E-state index in [9.17, 15) is 9.59 Å². The molecule has 0 aliphatic heterocycles. The van der Waals surface area contributed by atoms with Crippen LogP contribution < -0.4 is 0 Å². The van der Waals surface area contributed by atoms with Crippen LogP contribution in [0.3, 0.4) is 0 Å². The zero-order valence-electron chi connectivity index (χ0n) is 16.6. The third-order valence-corrected chi connectivity index (χ3v) is 8.73. The Balaban J connectivity index is 1.65. The van der Waals surface area contributed by atoms with E-state index in [0.717, 1.165) is 32.1 Å². The van der Waals surface area contributed by atoms with Crippen LogP contribution in [0, 0.1) is 34.5 Å². The fourth-order valence-electron chi connectivity index (χ4n) is 7.12. The van der Waals surface area contributed by atoms with Crippen molar-refractivity contribution in [2.45, 2.75) is 65.2 Å². The van der Waals surface area contributed by atoms with Crippen molar-refractivity contribution >= 4 is 23.7 Å². The third-order valence-electron chi connectivity index (χ3n) is 8.42. The fraction of sp³-hybridized carbons (Fsp3) is 0.739. The second kappa shape index (κ2) is 7.09. The summed E-state index contributed by atoms with van der Waals surface area (Å²) in [4.78, 5) is 24.3. The van der Waals surface area contributed by atoms with Crippen LogP contribution in [-0.4, -0.2) is 17.7 Å². The molecule has 27 heavy (non-hydrogen) atoms. The van der Waals surface area contributed by atoms with Crippen molar-refractivity contribution in [3.8, 4) is 0 Å². The summed E-state index contributed by atoms with van der Waals surface area (Å²) in [6.07, 6.45) is 15.1. The van der Waals surface area contributed by atoms with Gasteiger partial charge in [-0.1, -0.05) is 37.6 Å². The van der Waals surface area contributed by atoms with Crippen LogP contribution in [0.15, 0.2) is 23.8 Å². The summed E-state index contributed by atoms with van der Waals surface area (Å²) in [5.41, 5.74) is 1.60. The smallest absolute Gasteiger partial charge is 0.305 e. The van der Waals surface area contributed by atoms with Gasteiger partial charge in [0.15, 0.2) is 5.12 Å². The predicted octanol–water partition coefficient (Wildman–Crippen LogP) is 5.12. The maximum absolute atomic E-state index is 12.4. The zero-order chi connectivity index (χ0) is 19.2. The highest BCUT2D eigenvalue weighted by Gasteiger charge is 2.61. The molecule has 1 unspecified atom stereocenters. The minimum absolute atomic E-state index is 0.0105. The van der Waals surface area contributed by atoms with Gasteiger partial charge in [-0.25, -0.2) is 0 Å². The first kappa shape index (κ1) is 19.3. The van der Waals surface area contributed by atoms with Crippen molar-refractivity contribution in [3.63, 3.8) is 0 Å². The van der Waals surface area contributed by atoms with Crippen LogP contribution in [0.2, 0.25) is 0 Å². The van der Waals surface area contributed by atoms with Crippen LogP contribution in [0.5, 0.6) is 0 Å². The van der Waals surface area contributed by atoms with Crippen molar-refractivity contribution in [1.29, 1.82) is 0 Å². The van der Waals surface area contributed by atoms with Gasteiger partial charge in [0.25, 0.3) is 0 Å². The molecule has 3 nitrogen and oxygen atoms in total. The Labute approximate surface area is 168 Å². The number of carbonyl (C=O) groups is 2. The molecule has 0 bridgehead atoms. The third kappa shape index (κ3) is 2.94. The number of thiol groups is 1. The summed E-state index contributed by atoms with van der Waals surface area (Å²) >= 11 is 4.24. The Morgan fingerprint density at radius 1 is 1.22 bits per heavy atom. The Morgan fingerprint density at radius 3 is 2.78 bits per heavy atom. The minimum atomic E-state index is -0.194. The Morgan fingerprint density at radius 2 is 2.04 bits per heavy atom. The molecule has 4 aliphatic carbocycles. The molecular weight excluding hydrogens is 356 g/mol. The normalized spacial score (nSPS) is 42.6. The van der Waals surface area contributed by atoms with Crippen LogP contribution in [-0.2, 0) is 14.3 Å². The van der Waals surface area contributed by atoms with E-state index < -0.39 is 0 Å². The number of allylic oxidation sites excluding steroid dienone is 4. The van der Waals surface area contributed by atoms with E-state index in [0.29, 0.717) is 30.8 Å². The minimum Gasteiger partial charge on any atom is -0.465 e. The lowest BCUT2D eigenvalue weighted by molar-refractivity contribution is -0.156. The molecule has 4 aliphatic rings. The standard InChI is InChI=1S/C23H32O3S/c1-3-20(24)26-14-23-13-11-17-16(18(23)9-10-19(23)21(25)27)8-7-15-6-4-5-12-22(15,17)2/h5-6,12,16-19H,3-4,7-11,13-14H2,1-2H3,(H,25,27)/t16-,17+,18+,19?,22+,23-/m1/s1. The van der Waals surface area contributed by atoms with Gasteiger partial charge in [-0.15, -0.1) is 12.6 Å². The zero-order valence-corrected chi connectivity index (χ0v) is 17.5. The van der Waals surface area contributed by atoms with E-state index in [1.165, 1.54) is 12.8 Å². The molecule has 6 atom stereocenters. The highest BCUT2D eigenvalue weighted by molar-refractivity contribution is 7.96. The van der Waals surface area contributed by atoms with Gasteiger partial charge in [0, 0.05) is 23.2 Å². The average Bonchev–Trinajstić information content (AvgIpc) is 3.05. The molecule has 0 radical (unpaired) electrons. The van der Waals surface area contributed by atoms with Crippen molar-refractivity contribution < 1.29 is 14.3 Å². The molecule has 0 aromatic rings. The molecule has 148 valence electrons. The summed E-state index contributed by atoms with van der Waals surface area (Å²) in [7, 11) is 0. The molecule has 0 saturated heterocycles. The van der Waals surface area contributed by atoms with Gasteiger partial charge in [-0.05, 0) is 62.7 Å². The van der Waals surface area contributed by atoms with Crippen molar-refractivity contribution in [2.24, 2.45) is 34.5 Å². The fourth-order valence-corrected chi connectivity index (χ4v) is 7.50. The van der Waals surface area contributed by atoms with E-state index in [4.69, 9.17) is 4.74 Å².